The van der Waals surface area contributed by atoms with Gasteiger partial charge in [-0.3, -0.25) is 0 Å². The Kier molecular flexibility index (Phi) is 7.29. The van der Waals surface area contributed by atoms with Gasteiger partial charge in [0, 0.05) is 6.54 Å². The Labute approximate surface area is 126 Å². The van der Waals surface area contributed by atoms with Crippen molar-refractivity contribution in [3.05, 3.63) is 34.9 Å². The molecule has 0 aliphatic rings. The van der Waals surface area contributed by atoms with Crippen molar-refractivity contribution in [1.82, 2.24) is 5.32 Å². The van der Waals surface area contributed by atoms with Crippen LogP contribution in [0.3, 0.4) is 0 Å². The van der Waals surface area contributed by atoms with Crippen LogP contribution in [0.5, 0.6) is 0 Å². The maximum Gasteiger partial charge on any atom is 0.00228 e. The second kappa shape index (κ2) is 8.46. The fourth-order valence-corrected chi connectivity index (χ4v) is 2.83. The number of aryl methyl sites for hydroxylation is 2. The number of rotatable bonds is 8. The van der Waals surface area contributed by atoms with Gasteiger partial charge in [0.25, 0.3) is 0 Å². The summed E-state index contributed by atoms with van der Waals surface area (Å²) in [5.74, 6) is 2.09. The highest BCUT2D eigenvalue weighted by molar-refractivity contribution is 5.32. The lowest BCUT2D eigenvalue weighted by Crippen LogP contribution is -2.28. The predicted molar refractivity (Wildman–Crippen MR) is 90.4 cm³/mol. The highest BCUT2D eigenvalue weighted by Gasteiger charge is 2.19. The van der Waals surface area contributed by atoms with Crippen molar-refractivity contribution in [2.75, 3.05) is 13.1 Å². The third-order valence-electron chi connectivity index (χ3n) is 4.31. The molecular formula is C19H33N. The number of hydrogen-bond acceptors (Lipinski definition) is 1. The van der Waals surface area contributed by atoms with Crippen LogP contribution in [0.25, 0.3) is 0 Å². The highest BCUT2D eigenvalue weighted by Crippen LogP contribution is 2.28. The molecule has 0 saturated heterocycles. The molecule has 0 aliphatic heterocycles. The van der Waals surface area contributed by atoms with Gasteiger partial charge in [0.2, 0.25) is 0 Å². The van der Waals surface area contributed by atoms with E-state index in [1.807, 2.05) is 0 Å². The second-order valence-corrected chi connectivity index (χ2v) is 6.77. The normalized spacial score (nSPS) is 14.6. The zero-order valence-corrected chi connectivity index (χ0v) is 14.3. The minimum atomic E-state index is 0.632. The molecule has 0 radical (unpaired) electrons. The molecule has 1 aromatic carbocycles. The first kappa shape index (κ1) is 17.2. The molecule has 1 N–H and O–H groups in total. The Morgan fingerprint density at radius 2 is 1.70 bits per heavy atom. The summed E-state index contributed by atoms with van der Waals surface area (Å²) in [4.78, 5) is 0. The van der Waals surface area contributed by atoms with E-state index in [0.29, 0.717) is 5.92 Å². The molecule has 2 atom stereocenters. The van der Waals surface area contributed by atoms with Crippen LogP contribution in [-0.2, 0) is 0 Å². The Hall–Kier alpha value is -0.820. The molecule has 20 heavy (non-hydrogen) atoms. The van der Waals surface area contributed by atoms with Crippen molar-refractivity contribution in [3.8, 4) is 0 Å². The Balaban J connectivity index is 2.82. The van der Waals surface area contributed by atoms with Gasteiger partial charge in [-0.05, 0) is 54.8 Å². The topological polar surface area (TPSA) is 12.0 Å². The molecule has 0 aliphatic carbocycles. The standard InChI is InChI=1S/C19H33N/c1-7-8-16(5)19(13-20-12-14(2)3)18-10-9-15(4)17(6)11-18/h9-11,14,16,19-20H,7-8,12-13H2,1-6H3. The summed E-state index contributed by atoms with van der Waals surface area (Å²) < 4.78 is 0. The fourth-order valence-electron chi connectivity index (χ4n) is 2.83. The molecule has 1 aromatic rings. The molecule has 114 valence electrons. The van der Waals surface area contributed by atoms with Gasteiger partial charge in [0.15, 0.2) is 0 Å². The maximum atomic E-state index is 3.66. The SMILES string of the molecule is CCCC(C)C(CNCC(C)C)c1ccc(C)c(C)c1. The Bertz CT molecular complexity index is 395. The van der Waals surface area contributed by atoms with Crippen molar-refractivity contribution in [3.63, 3.8) is 0 Å². The van der Waals surface area contributed by atoms with E-state index in [-0.39, 0.29) is 0 Å². The van der Waals surface area contributed by atoms with Crippen LogP contribution in [0.4, 0.5) is 0 Å². The average Bonchev–Trinajstić information content (AvgIpc) is 2.38. The van der Waals surface area contributed by atoms with Crippen LogP contribution in [0.15, 0.2) is 18.2 Å². The molecule has 0 fully saturated rings. The Morgan fingerprint density at radius 1 is 1.00 bits per heavy atom. The molecule has 0 aromatic heterocycles. The van der Waals surface area contributed by atoms with Crippen molar-refractivity contribution < 1.29 is 0 Å². The van der Waals surface area contributed by atoms with Crippen molar-refractivity contribution in [2.24, 2.45) is 11.8 Å². The van der Waals surface area contributed by atoms with Crippen LogP contribution in [0, 0.1) is 25.7 Å². The lowest BCUT2D eigenvalue weighted by Gasteiger charge is -2.26. The largest absolute Gasteiger partial charge is 0.316 e. The molecule has 1 rings (SSSR count). The Morgan fingerprint density at radius 3 is 2.25 bits per heavy atom. The van der Waals surface area contributed by atoms with Gasteiger partial charge < -0.3 is 5.32 Å². The smallest absolute Gasteiger partial charge is 0.00228 e. The molecule has 0 amide bonds. The fraction of sp³-hybridized carbons (Fsp3) is 0.684. The predicted octanol–water partition coefficient (Wildman–Crippen LogP) is 5.07. The van der Waals surface area contributed by atoms with E-state index in [4.69, 9.17) is 0 Å². The van der Waals surface area contributed by atoms with E-state index in [9.17, 15) is 0 Å². The minimum absolute atomic E-state index is 0.632. The molecular weight excluding hydrogens is 242 g/mol. The van der Waals surface area contributed by atoms with Gasteiger partial charge in [-0.15, -0.1) is 0 Å². The van der Waals surface area contributed by atoms with E-state index >= 15 is 0 Å². The second-order valence-electron chi connectivity index (χ2n) is 6.77. The van der Waals surface area contributed by atoms with Crippen LogP contribution in [0.1, 0.15) is 63.1 Å². The summed E-state index contributed by atoms with van der Waals surface area (Å²) in [7, 11) is 0. The number of benzene rings is 1. The van der Waals surface area contributed by atoms with E-state index in [1.165, 1.54) is 29.5 Å². The van der Waals surface area contributed by atoms with Crippen LogP contribution in [0.2, 0.25) is 0 Å². The van der Waals surface area contributed by atoms with Crippen LogP contribution >= 0.6 is 0 Å². The molecule has 0 saturated carbocycles. The van der Waals surface area contributed by atoms with E-state index in [1.54, 1.807) is 0 Å². The number of hydrogen-bond donors (Lipinski definition) is 1. The molecule has 2 unspecified atom stereocenters. The van der Waals surface area contributed by atoms with E-state index in [0.717, 1.165) is 24.9 Å². The van der Waals surface area contributed by atoms with Gasteiger partial charge in [0.1, 0.15) is 0 Å². The van der Waals surface area contributed by atoms with E-state index < -0.39 is 0 Å². The minimum Gasteiger partial charge on any atom is -0.316 e. The average molecular weight is 275 g/mol. The van der Waals surface area contributed by atoms with Gasteiger partial charge >= 0.3 is 0 Å². The zero-order chi connectivity index (χ0) is 15.1. The first-order valence-electron chi connectivity index (χ1n) is 8.23. The quantitative estimate of drug-likeness (QED) is 0.698. The van der Waals surface area contributed by atoms with Crippen LogP contribution in [-0.4, -0.2) is 13.1 Å². The third-order valence-corrected chi connectivity index (χ3v) is 4.31. The maximum absolute atomic E-state index is 3.66. The van der Waals surface area contributed by atoms with Gasteiger partial charge in [0.05, 0.1) is 0 Å². The summed E-state index contributed by atoms with van der Waals surface area (Å²) in [6.07, 6.45) is 2.58. The van der Waals surface area contributed by atoms with Gasteiger partial charge in [-0.25, -0.2) is 0 Å². The summed E-state index contributed by atoms with van der Waals surface area (Å²) >= 11 is 0. The van der Waals surface area contributed by atoms with E-state index in [2.05, 4.69) is 65.1 Å². The molecule has 0 heterocycles. The van der Waals surface area contributed by atoms with Crippen molar-refractivity contribution in [2.45, 2.75) is 60.3 Å². The summed E-state index contributed by atoms with van der Waals surface area (Å²) in [5.41, 5.74) is 4.32. The van der Waals surface area contributed by atoms with Crippen molar-refractivity contribution in [1.29, 1.82) is 0 Å². The highest BCUT2D eigenvalue weighted by atomic mass is 14.9. The molecule has 1 heteroatoms. The molecule has 0 spiro atoms. The lowest BCUT2D eigenvalue weighted by atomic mass is 9.83. The van der Waals surface area contributed by atoms with Crippen molar-refractivity contribution >= 4 is 0 Å². The lowest BCUT2D eigenvalue weighted by molar-refractivity contribution is 0.394. The summed E-state index contributed by atoms with van der Waals surface area (Å²) in [6, 6.07) is 7.00. The third kappa shape index (κ3) is 5.28. The first-order chi connectivity index (χ1) is 9.45. The van der Waals surface area contributed by atoms with Gasteiger partial charge in [-0.2, -0.15) is 0 Å². The molecule has 1 nitrogen and oxygen atoms in total. The number of nitrogens with one attached hydrogen (secondary N) is 1. The molecule has 0 bridgehead atoms. The summed E-state index contributed by atoms with van der Waals surface area (Å²) in [5, 5.41) is 3.66. The monoisotopic (exact) mass is 275 g/mol. The summed E-state index contributed by atoms with van der Waals surface area (Å²) in [6.45, 7) is 15.9. The van der Waals surface area contributed by atoms with Gasteiger partial charge in [-0.1, -0.05) is 58.7 Å². The van der Waals surface area contributed by atoms with Crippen LogP contribution < -0.4 is 5.32 Å². The zero-order valence-electron chi connectivity index (χ0n) is 14.3. The first-order valence-corrected chi connectivity index (χ1v) is 8.23.